The Labute approximate surface area is 140 Å². The average Bonchev–Trinajstić information content (AvgIpc) is 2.37. The van der Waals surface area contributed by atoms with Gasteiger partial charge in [0, 0.05) is 8.95 Å². The number of hydrogen-bond acceptors (Lipinski definition) is 2. The van der Waals surface area contributed by atoms with E-state index in [4.69, 9.17) is 17.3 Å². The van der Waals surface area contributed by atoms with E-state index < -0.39 is 17.5 Å². The number of benzene rings is 2. The number of anilines is 2. The van der Waals surface area contributed by atoms with Crippen molar-refractivity contribution in [1.82, 2.24) is 0 Å². The molecule has 0 spiro atoms. The standard InChI is InChI=1S/C13H7Br2ClF2N2O/c14-7-4-10(18)11(19)3-6(7)13(21)20-12-8(15)1-5(17)2-9(12)16/h1-4H,19H2,(H,20,21). The average molecular weight is 440 g/mol. The number of amides is 1. The molecule has 110 valence electrons. The van der Waals surface area contributed by atoms with Gasteiger partial charge in [-0.15, -0.1) is 0 Å². The minimum Gasteiger partial charge on any atom is -0.396 e. The lowest BCUT2D eigenvalue weighted by atomic mass is 10.1. The van der Waals surface area contributed by atoms with E-state index in [1.165, 1.54) is 6.07 Å². The monoisotopic (exact) mass is 438 g/mol. The van der Waals surface area contributed by atoms with Crippen LogP contribution in [0.15, 0.2) is 33.2 Å². The SMILES string of the molecule is Nc1cc(C(=O)Nc2c(Cl)cc(F)cc2Br)c(Br)cc1F. The summed E-state index contributed by atoms with van der Waals surface area (Å²) < 4.78 is 26.9. The normalized spacial score (nSPS) is 10.5. The van der Waals surface area contributed by atoms with Gasteiger partial charge in [0.15, 0.2) is 0 Å². The lowest BCUT2D eigenvalue weighted by molar-refractivity contribution is 0.102. The van der Waals surface area contributed by atoms with Crippen molar-refractivity contribution in [2.75, 3.05) is 11.1 Å². The van der Waals surface area contributed by atoms with Gasteiger partial charge in [0.05, 0.1) is 22.0 Å². The van der Waals surface area contributed by atoms with Crippen LogP contribution in [0.2, 0.25) is 5.02 Å². The molecule has 2 rings (SSSR count). The molecule has 0 bridgehead atoms. The van der Waals surface area contributed by atoms with E-state index in [-0.39, 0.29) is 30.9 Å². The molecule has 3 nitrogen and oxygen atoms in total. The molecule has 0 radical (unpaired) electrons. The molecule has 2 aromatic carbocycles. The van der Waals surface area contributed by atoms with E-state index in [1.54, 1.807) is 0 Å². The number of carbonyl (C=O) groups is 1. The van der Waals surface area contributed by atoms with Crippen LogP contribution in [-0.2, 0) is 0 Å². The van der Waals surface area contributed by atoms with Gasteiger partial charge in [-0.1, -0.05) is 11.6 Å². The lowest BCUT2D eigenvalue weighted by Crippen LogP contribution is -2.14. The first-order chi connectivity index (χ1) is 9.79. The van der Waals surface area contributed by atoms with E-state index in [1.807, 2.05) is 0 Å². The van der Waals surface area contributed by atoms with Crippen molar-refractivity contribution in [3.8, 4) is 0 Å². The smallest absolute Gasteiger partial charge is 0.256 e. The van der Waals surface area contributed by atoms with Crippen LogP contribution in [0.3, 0.4) is 0 Å². The summed E-state index contributed by atoms with van der Waals surface area (Å²) in [7, 11) is 0. The molecule has 1 amide bonds. The van der Waals surface area contributed by atoms with Gasteiger partial charge >= 0.3 is 0 Å². The van der Waals surface area contributed by atoms with Gasteiger partial charge in [0.1, 0.15) is 11.6 Å². The molecule has 0 aliphatic rings. The highest BCUT2D eigenvalue weighted by Crippen LogP contribution is 2.33. The molecule has 0 atom stereocenters. The summed E-state index contributed by atoms with van der Waals surface area (Å²) in [5, 5.41) is 2.55. The largest absolute Gasteiger partial charge is 0.396 e. The minimum absolute atomic E-state index is 0.0291. The zero-order chi connectivity index (χ0) is 15.7. The molecule has 0 saturated heterocycles. The van der Waals surface area contributed by atoms with E-state index in [2.05, 4.69) is 37.2 Å². The molecular weight excluding hydrogens is 433 g/mol. The highest BCUT2D eigenvalue weighted by Gasteiger charge is 2.17. The fourth-order valence-electron chi connectivity index (χ4n) is 1.58. The number of rotatable bonds is 2. The van der Waals surface area contributed by atoms with Crippen molar-refractivity contribution in [3.63, 3.8) is 0 Å². The molecule has 0 heterocycles. The Morgan fingerprint density at radius 1 is 1.14 bits per heavy atom. The van der Waals surface area contributed by atoms with Crippen LogP contribution in [0.25, 0.3) is 0 Å². The maximum atomic E-state index is 13.3. The predicted molar refractivity (Wildman–Crippen MR) is 85.6 cm³/mol. The van der Waals surface area contributed by atoms with Gasteiger partial charge in [-0.05, 0) is 56.1 Å². The van der Waals surface area contributed by atoms with Gasteiger partial charge in [-0.2, -0.15) is 0 Å². The number of carbonyl (C=O) groups excluding carboxylic acids is 1. The van der Waals surface area contributed by atoms with Crippen molar-refractivity contribution < 1.29 is 13.6 Å². The van der Waals surface area contributed by atoms with Crippen LogP contribution in [0.4, 0.5) is 20.2 Å². The second-order valence-electron chi connectivity index (χ2n) is 4.05. The number of halogens is 5. The summed E-state index contributed by atoms with van der Waals surface area (Å²) in [5.41, 5.74) is 5.61. The highest BCUT2D eigenvalue weighted by molar-refractivity contribution is 9.11. The van der Waals surface area contributed by atoms with E-state index >= 15 is 0 Å². The molecule has 2 aromatic rings. The number of nitrogen functional groups attached to an aromatic ring is 1. The van der Waals surface area contributed by atoms with Crippen LogP contribution < -0.4 is 11.1 Å². The summed E-state index contributed by atoms with van der Waals surface area (Å²) >= 11 is 12.1. The van der Waals surface area contributed by atoms with Crippen LogP contribution >= 0.6 is 43.5 Å². The second-order valence-corrected chi connectivity index (χ2v) is 6.17. The van der Waals surface area contributed by atoms with E-state index in [0.717, 1.165) is 18.2 Å². The van der Waals surface area contributed by atoms with Crippen LogP contribution in [0, 0.1) is 11.6 Å². The molecule has 0 saturated carbocycles. The quantitative estimate of drug-likeness (QED) is 0.648. The zero-order valence-corrected chi connectivity index (χ0v) is 14.1. The second kappa shape index (κ2) is 6.29. The first-order valence-electron chi connectivity index (χ1n) is 5.50. The minimum atomic E-state index is -0.639. The van der Waals surface area contributed by atoms with Gasteiger partial charge in [0.2, 0.25) is 0 Å². The van der Waals surface area contributed by atoms with Crippen LogP contribution in [-0.4, -0.2) is 5.91 Å². The summed E-state index contributed by atoms with van der Waals surface area (Å²) in [6.45, 7) is 0. The third kappa shape index (κ3) is 3.53. The van der Waals surface area contributed by atoms with Gasteiger partial charge in [-0.25, -0.2) is 8.78 Å². The number of hydrogen-bond donors (Lipinski definition) is 2. The van der Waals surface area contributed by atoms with Gasteiger partial charge < -0.3 is 11.1 Å². The number of nitrogens with two attached hydrogens (primary N) is 1. The highest BCUT2D eigenvalue weighted by atomic mass is 79.9. The first-order valence-corrected chi connectivity index (χ1v) is 7.46. The zero-order valence-electron chi connectivity index (χ0n) is 10.2. The summed E-state index contributed by atoms with van der Waals surface area (Å²) in [4.78, 5) is 12.2. The fourth-order valence-corrected chi connectivity index (χ4v) is 2.98. The van der Waals surface area contributed by atoms with Crippen molar-refractivity contribution >= 4 is 60.7 Å². The maximum absolute atomic E-state index is 13.3. The van der Waals surface area contributed by atoms with Crippen molar-refractivity contribution in [1.29, 1.82) is 0 Å². The van der Waals surface area contributed by atoms with Crippen molar-refractivity contribution in [2.24, 2.45) is 0 Å². The first kappa shape index (κ1) is 16.2. The summed E-state index contributed by atoms with van der Waals surface area (Å²) in [6.07, 6.45) is 0. The Kier molecular flexibility index (Phi) is 4.85. The fraction of sp³-hybridized carbons (Fsp3) is 0. The Morgan fingerprint density at radius 3 is 2.43 bits per heavy atom. The molecule has 8 heteroatoms. The van der Waals surface area contributed by atoms with Crippen molar-refractivity contribution in [3.05, 3.63) is 55.4 Å². The number of nitrogens with one attached hydrogen (secondary N) is 1. The summed E-state index contributed by atoms with van der Waals surface area (Å²) in [6, 6.07) is 4.51. The Morgan fingerprint density at radius 2 is 1.81 bits per heavy atom. The Hall–Kier alpha value is -1.18. The topological polar surface area (TPSA) is 55.1 Å². The Bertz CT molecular complexity index is 717. The molecule has 0 fully saturated rings. The van der Waals surface area contributed by atoms with E-state index in [9.17, 15) is 13.6 Å². The molecule has 21 heavy (non-hydrogen) atoms. The third-order valence-corrected chi connectivity index (χ3v) is 4.16. The molecule has 0 unspecified atom stereocenters. The third-order valence-electron chi connectivity index (χ3n) is 2.58. The van der Waals surface area contributed by atoms with Gasteiger partial charge in [0.25, 0.3) is 5.91 Å². The van der Waals surface area contributed by atoms with Gasteiger partial charge in [-0.3, -0.25) is 4.79 Å². The molecular formula is C13H7Br2ClF2N2O. The molecule has 0 aromatic heterocycles. The Balaban J connectivity index is 2.37. The molecule has 0 aliphatic heterocycles. The summed E-state index contributed by atoms with van der Waals surface area (Å²) in [5.74, 6) is -1.75. The van der Waals surface area contributed by atoms with Crippen molar-refractivity contribution in [2.45, 2.75) is 0 Å². The molecule has 0 aliphatic carbocycles. The van der Waals surface area contributed by atoms with E-state index in [0.29, 0.717) is 0 Å². The molecule has 3 N–H and O–H groups in total. The lowest BCUT2D eigenvalue weighted by Gasteiger charge is -2.11. The maximum Gasteiger partial charge on any atom is 0.256 e. The van der Waals surface area contributed by atoms with Crippen LogP contribution in [0.5, 0.6) is 0 Å². The van der Waals surface area contributed by atoms with Crippen LogP contribution in [0.1, 0.15) is 10.4 Å². The predicted octanol–water partition coefficient (Wildman–Crippen LogP) is 4.98.